The Labute approximate surface area is 110 Å². The first-order chi connectivity index (χ1) is 8.70. The van der Waals surface area contributed by atoms with E-state index in [0.717, 1.165) is 25.3 Å². The maximum atomic E-state index is 5.95. The molecule has 1 aromatic heterocycles. The van der Waals surface area contributed by atoms with Gasteiger partial charge in [0.2, 0.25) is 0 Å². The molecule has 18 heavy (non-hydrogen) atoms. The molecule has 2 N–H and O–H groups in total. The Morgan fingerprint density at radius 3 is 2.94 bits per heavy atom. The average Bonchev–Trinajstić information content (AvgIpc) is 2.53. The van der Waals surface area contributed by atoms with Crippen LogP contribution in [0, 0.1) is 0 Å². The normalized spacial score (nSPS) is 27.1. The fourth-order valence-electron chi connectivity index (χ4n) is 2.66. The maximum absolute atomic E-state index is 5.95. The van der Waals surface area contributed by atoms with Gasteiger partial charge >= 0.3 is 0 Å². The van der Waals surface area contributed by atoms with Gasteiger partial charge < -0.3 is 10.6 Å². The van der Waals surface area contributed by atoms with Gasteiger partial charge in [-0.25, -0.2) is 0 Å². The molecule has 4 heteroatoms. The van der Waals surface area contributed by atoms with E-state index in [2.05, 4.69) is 34.8 Å². The van der Waals surface area contributed by atoms with Crippen molar-refractivity contribution in [1.29, 1.82) is 0 Å². The molecule has 1 aliphatic heterocycles. The molecule has 0 aliphatic carbocycles. The molecule has 2 atom stereocenters. The zero-order valence-corrected chi connectivity index (χ0v) is 11.4. The molecule has 0 aromatic carbocycles. The summed E-state index contributed by atoms with van der Waals surface area (Å²) in [7, 11) is 2.18. The van der Waals surface area contributed by atoms with Gasteiger partial charge in [-0.1, -0.05) is 6.07 Å². The maximum Gasteiger partial charge on any atom is 0.0544 e. The Bertz CT molecular complexity index is 354. The monoisotopic (exact) mass is 248 g/mol. The Morgan fingerprint density at radius 2 is 2.28 bits per heavy atom. The molecule has 0 bridgehead atoms. The van der Waals surface area contributed by atoms with E-state index in [1.165, 1.54) is 6.42 Å². The lowest BCUT2D eigenvalue weighted by Crippen LogP contribution is -2.47. The van der Waals surface area contributed by atoms with E-state index in [4.69, 9.17) is 5.73 Å². The second-order valence-corrected chi connectivity index (χ2v) is 5.28. The van der Waals surface area contributed by atoms with Gasteiger partial charge in [0.1, 0.15) is 0 Å². The molecule has 0 saturated carbocycles. The van der Waals surface area contributed by atoms with Gasteiger partial charge in [-0.15, -0.1) is 0 Å². The highest BCUT2D eigenvalue weighted by atomic mass is 15.3. The van der Waals surface area contributed by atoms with E-state index in [9.17, 15) is 0 Å². The summed E-state index contributed by atoms with van der Waals surface area (Å²) in [6.07, 6.45) is 3.06. The van der Waals surface area contributed by atoms with Crippen molar-refractivity contribution < 1.29 is 0 Å². The van der Waals surface area contributed by atoms with Gasteiger partial charge in [0.05, 0.1) is 5.69 Å². The predicted molar refractivity (Wildman–Crippen MR) is 74.2 cm³/mol. The highest BCUT2D eigenvalue weighted by Gasteiger charge is 2.27. The van der Waals surface area contributed by atoms with E-state index in [0.29, 0.717) is 18.6 Å². The first-order valence-corrected chi connectivity index (χ1v) is 6.75. The number of rotatable bonds is 3. The standard InChI is InChI=1S/C14H24N4/c1-12-6-8-17(2)11-14(9-15)18(12)10-13-5-3-4-7-16-13/h3-5,7,12,14H,6,8-11,15H2,1-2H3. The lowest BCUT2D eigenvalue weighted by molar-refractivity contribution is 0.138. The second kappa shape index (κ2) is 6.27. The molecule has 2 heterocycles. The fourth-order valence-corrected chi connectivity index (χ4v) is 2.66. The Balaban J connectivity index is 2.11. The quantitative estimate of drug-likeness (QED) is 0.864. The number of pyridine rings is 1. The van der Waals surface area contributed by atoms with E-state index in [-0.39, 0.29) is 0 Å². The number of likely N-dealkylation sites (N-methyl/N-ethyl adjacent to an activating group) is 1. The molecule has 1 fully saturated rings. The van der Waals surface area contributed by atoms with Crippen LogP contribution in [0.3, 0.4) is 0 Å². The second-order valence-electron chi connectivity index (χ2n) is 5.28. The first-order valence-electron chi connectivity index (χ1n) is 6.75. The highest BCUT2D eigenvalue weighted by molar-refractivity contribution is 5.04. The number of nitrogens with two attached hydrogens (primary N) is 1. The summed E-state index contributed by atoms with van der Waals surface area (Å²) in [5.74, 6) is 0. The fraction of sp³-hybridized carbons (Fsp3) is 0.643. The Kier molecular flexibility index (Phi) is 4.69. The minimum atomic E-state index is 0.425. The number of aromatic nitrogens is 1. The van der Waals surface area contributed by atoms with Crippen molar-refractivity contribution in [1.82, 2.24) is 14.8 Å². The first kappa shape index (κ1) is 13.5. The van der Waals surface area contributed by atoms with E-state index in [1.807, 2.05) is 18.3 Å². The molecular formula is C14H24N4. The van der Waals surface area contributed by atoms with Crippen LogP contribution in [0.2, 0.25) is 0 Å². The van der Waals surface area contributed by atoms with Crippen LogP contribution >= 0.6 is 0 Å². The van der Waals surface area contributed by atoms with Crippen LogP contribution in [-0.4, -0.2) is 53.5 Å². The topological polar surface area (TPSA) is 45.4 Å². The number of hydrogen-bond acceptors (Lipinski definition) is 4. The van der Waals surface area contributed by atoms with Gasteiger partial charge in [-0.2, -0.15) is 0 Å². The third kappa shape index (κ3) is 3.28. The van der Waals surface area contributed by atoms with Gasteiger partial charge in [0.15, 0.2) is 0 Å². The Hall–Kier alpha value is -0.970. The SMILES string of the molecule is CC1CCN(C)CC(CN)N1Cc1ccccn1. The summed E-state index contributed by atoms with van der Waals surface area (Å²) in [6, 6.07) is 7.09. The van der Waals surface area contributed by atoms with Crippen molar-refractivity contribution >= 4 is 0 Å². The van der Waals surface area contributed by atoms with Crippen LogP contribution in [0.1, 0.15) is 19.0 Å². The van der Waals surface area contributed by atoms with Crippen LogP contribution in [0.25, 0.3) is 0 Å². The van der Waals surface area contributed by atoms with Crippen molar-refractivity contribution in [3.05, 3.63) is 30.1 Å². The minimum absolute atomic E-state index is 0.425. The third-order valence-corrected chi connectivity index (χ3v) is 3.83. The average molecular weight is 248 g/mol. The van der Waals surface area contributed by atoms with Crippen LogP contribution in [0.15, 0.2) is 24.4 Å². The van der Waals surface area contributed by atoms with Crippen LogP contribution < -0.4 is 5.73 Å². The molecular weight excluding hydrogens is 224 g/mol. The summed E-state index contributed by atoms with van der Waals surface area (Å²) in [6.45, 7) is 6.11. The van der Waals surface area contributed by atoms with E-state index in [1.54, 1.807) is 0 Å². The van der Waals surface area contributed by atoms with Gasteiger partial charge in [0, 0.05) is 37.9 Å². The zero-order valence-electron chi connectivity index (χ0n) is 11.4. The molecule has 2 unspecified atom stereocenters. The van der Waals surface area contributed by atoms with Crippen molar-refractivity contribution in [2.45, 2.75) is 32.0 Å². The summed E-state index contributed by atoms with van der Waals surface area (Å²) in [4.78, 5) is 9.32. The predicted octanol–water partition coefficient (Wildman–Crippen LogP) is 0.935. The molecule has 1 aliphatic rings. The summed E-state index contributed by atoms with van der Waals surface area (Å²) >= 11 is 0. The van der Waals surface area contributed by atoms with Gasteiger partial charge in [-0.05, 0) is 39.1 Å². The minimum Gasteiger partial charge on any atom is -0.329 e. The highest BCUT2D eigenvalue weighted by Crippen LogP contribution is 2.17. The molecule has 100 valence electrons. The van der Waals surface area contributed by atoms with Crippen LogP contribution in [0.4, 0.5) is 0 Å². The van der Waals surface area contributed by atoms with Gasteiger partial charge in [-0.3, -0.25) is 9.88 Å². The van der Waals surface area contributed by atoms with Crippen molar-refractivity contribution in [2.75, 3.05) is 26.7 Å². The molecule has 0 amide bonds. The molecule has 2 rings (SSSR count). The number of nitrogens with zero attached hydrogens (tertiary/aromatic N) is 3. The summed E-state index contributed by atoms with van der Waals surface area (Å²) in [5, 5.41) is 0. The molecule has 0 spiro atoms. The van der Waals surface area contributed by atoms with E-state index >= 15 is 0 Å². The van der Waals surface area contributed by atoms with Crippen LogP contribution in [-0.2, 0) is 6.54 Å². The smallest absolute Gasteiger partial charge is 0.0544 e. The molecule has 4 nitrogen and oxygen atoms in total. The lowest BCUT2D eigenvalue weighted by atomic mass is 10.1. The van der Waals surface area contributed by atoms with E-state index < -0.39 is 0 Å². The Morgan fingerprint density at radius 1 is 1.44 bits per heavy atom. The summed E-state index contributed by atoms with van der Waals surface area (Å²) < 4.78 is 0. The zero-order chi connectivity index (χ0) is 13.0. The van der Waals surface area contributed by atoms with Crippen LogP contribution in [0.5, 0.6) is 0 Å². The summed E-state index contributed by atoms with van der Waals surface area (Å²) in [5.41, 5.74) is 7.08. The van der Waals surface area contributed by atoms with Crippen molar-refractivity contribution in [3.63, 3.8) is 0 Å². The van der Waals surface area contributed by atoms with Crippen molar-refractivity contribution in [3.8, 4) is 0 Å². The van der Waals surface area contributed by atoms with Gasteiger partial charge in [0.25, 0.3) is 0 Å². The molecule has 0 radical (unpaired) electrons. The number of hydrogen-bond donors (Lipinski definition) is 1. The van der Waals surface area contributed by atoms with Crippen molar-refractivity contribution in [2.24, 2.45) is 5.73 Å². The molecule has 1 aromatic rings. The molecule has 1 saturated heterocycles. The largest absolute Gasteiger partial charge is 0.329 e. The lowest BCUT2D eigenvalue weighted by Gasteiger charge is -2.33. The third-order valence-electron chi connectivity index (χ3n) is 3.83.